The molecule has 1 fully saturated rings. The van der Waals surface area contributed by atoms with Crippen LogP contribution in [0.25, 0.3) is 0 Å². The highest BCUT2D eigenvalue weighted by Crippen LogP contribution is 2.20. The van der Waals surface area contributed by atoms with Gasteiger partial charge in [0.2, 0.25) is 5.88 Å². The summed E-state index contributed by atoms with van der Waals surface area (Å²) in [6.45, 7) is 6.86. The minimum atomic E-state index is -0.368. The summed E-state index contributed by atoms with van der Waals surface area (Å²) in [6.07, 6.45) is 2.38. The number of ether oxygens (including phenoxy) is 2. The molecule has 1 aromatic rings. The molecule has 0 bridgehead atoms. The van der Waals surface area contributed by atoms with E-state index in [0.717, 1.165) is 13.0 Å². The molecule has 0 aromatic carbocycles. The van der Waals surface area contributed by atoms with Crippen LogP contribution in [0, 0.1) is 0 Å². The first-order chi connectivity index (χ1) is 10.3. The van der Waals surface area contributed by atoms with Crippen LogP contribution in [-0.4, -0.2) is 54.8 Å². The van der Waals surface area contributed by atoms with Crippen molar-refractivity contribution in [2.24, 2.45) is 0 Å². The van der Waals surface area contributed by atoms with Crippen LogP contribution in [0.1, 0.15) is 20.3 Å². The number of carbonyl (C=O) groups is 1. The molecule has 0 spiro atoms. The van der Waals surface area contributed by atoms with Crippen LogP contribution in [0.2, 0.25) is 0 Å². The van der Waals surface area contributed by atoms with Crippen molar-refractivity contribution in [2.75, 3.05) is 37.7 Å². The molecule has 1 aliphatic rings. The summed E-state index contributed by atoms with van der Waals surface area (Å²) in [6, 6.07) is 1.40. The Bertz CT molecular complexity index is 469. The molecule has 0 aliphatic carbocycles. The van der Waals surface area contributed by atoms with Gasteiger partial charge < -0.3 is 19.7 Å². The molecule has 0 radical (unpaired) electrons. The number of aromatic nitrogens is 2. The predicted octanol–water partition coefficient (Wildman–Crippen LogP) is 0.607. The van der Waals surface area contributed by atoms with E-state index in [1.165, 1.54) is 6.33 Å². The molecule has 0 amide bonds. The van der Waals surface area contributed by atoms with Crippen molar-refractivity contribution < 1.29 is 14.3 Å². The molecular formula is C14H22N4O3. The van der Waals surface area contributed by atoms with Gasteiger partial charge in [-0.05, 0) is 13.3 Å². The second-order valence-electron chi connectivity index (χ2n) is 4.73. The van der Waals surface area contributed by atoms with Gasteiger partial charge in [-0.25, -0.2) is 14.8 Å². The van der Waals surface area contributed by atoms with Gasteiger partial charge >= 0.3 is 5.97 Å². The van der Waals surface area contributed by atoms with Gasteiger partial charge in [0.25, 0.3) is 0 Å². The molecule has 7 nitrogen and oxygen atoms in total. The van der Waals surface area contributed by atoms with E-state index >= 15 is 0 Å². The van der Waals surface area contributed by atoms with Crippen molar-refractivity contribution in [3.05, 3.63) is 12.4 Å². The highest BCUT2D eigenvalue weighted by Gasteiger charge is 2.31. The smallest absolute Gasteiger partial charge is 0.330 e. The Morgan fingerprint density at radius 1 is 1.48 bits per heavy atom. The molecule has 1 atom stereocenters. The number of nitrogens with zero attached hydrogens (tertiary/aromatic N) is 3. The first kappa shape index (κ1) is 15.5. The topological polar surface area (TPSA) is 76.6 Å². The number of piperazine rings is 1. The zero-order chi connectivity index (χ0) is 15.1. The number of hydrogen-bond donors (Lipinski definition) is 1. The summed E-state index contributed by atoms with van der Waals surface area (Å²) in [5.41, 5.74) is 0. The monoisotopic (exact) mass is 294 g/mol. The maximum absolute atomic E-state index is 12.1. The summed E-state index contributed by atoms with van der Waals surface area (Å²) in [7, 11) is 0. The van der Waals surface area contributed by atoms with E-state index in [1.807, 2.05) is 11.8 Å². The molecule has 116 valence electrons. The Hall–Kier alpha value is -1.89. The second-order valence-corrected chi connectivity index (χ2v) is 4.73. The number of rotatable bonds is 6. The van der Waals surface area contributed by atoms with Crippen LogP contribution in [-0.2, 0) is 9.53 Å². The fourth-order valence-electron chi connectivity index (χ4n) is 2.20. The van der Waals surface area contributed by atoms with Crippen LogP contribution in [0.3, 0.4) is 0 Å². The highest BCUT2D eigenvalue weighted by atomic mass is 16.5. The minimum absolute atomic E-state index is 0.237. The van der Waals surface area contributed by atoms with Crippen molar-refractivity contribution >= 4 is 11.8 Å². The van der Waals surface area contributed by atoms with Gasteiger partial charge in [-0.1, -0.05) is 6.92 Å². The summed E-state index contributed by atoms with van der Waals surface area (Å²) in [4.78, 5) is 22.3. The molecule has 2 rings (SSSR count). The normalized spacial score (nSPS) is 18.4. The maximum Gasteiger partial charge on any atom is 0.330 e. The summed E-state index contributed by atoms with van der Waals surface area (Å²) in [5.74, 6) is 0.984. The lowest BCUT2D eigenvalue weighted by molar-refractivity contribution is -0.144. The SMILES string of the molecule is CCCOc1cc(N2CCNCC2C(=O)OCC)ncn1. The predicted molar refractivity (Wildman–Crippen MR) is 78.5 cm³/mol. The van der Waals surface area contributed by atoms with Crippen LogP contribution in [0.15, 0.2) is 12.4 Å². The van der Waals surface area contributed by atoms with Crippen molar-refractivity contribution in [3.8, 4) is 5.88 Å². The van der Waals surface area contributed by atoms with Crippen LogP contribution in [0.5, 0.6) is 5.88 Å². The van der Waals surface area contributed by atoms with Gasteiger partial charge in [0, 0.05) is 25.7 Å². The van der Waals surface area contributed by atoms with Crippen LogP contribution in [0.4, 0.5) is 5.82 Å². The average Bonchev–Trinajstić information content (AvgIpc) is 2.53. The van der Waals surface area contributed by atoms with E-state index in [4.69, 9.17) is 9.47 Å². The highest BCUT2D eigenvalue weighted by molar-refractivity contribution is 5.80. The zero-order valence-electron chi connectivity index (χ0n) is 12.5. The Morgan fingerprint density at radius 2 is 2.33 bits per heavy atom. The van der Waals surface area contributed by atoms with Gasteiger partial charge in [-0.3, -0.25) is 0 Å². The lowest BCUT2D eigenvalue weighted by Crippen LogP contribution is -2.56. The van der Waals surface area contributed by atoms with Crippen molar-refractivity contribution in [2.45, 2.75) is 26.3 Å². The summed E-state index contributed by atoms with van der Waals surface area (Å²) in [5, 5.41) is 3.21. The maximum atomic E-state index is 12.1. The third-order valence-corrected chi connectivity index (χ3v) is 3.18. The molecule has 1 unspecified atom stereocenters. The lowest BCUT2D eigenvalue weighted by atomic mass is 10.2. The number of anilines is 1. The summed E-state index contributed by atoms with van der Waals surface area (Å²) >= 11 is 0. The van der Waals surface area contributed by atoms with Gasteiger partial charge in [-0.2, -0.15) is 0 Å². The first-order valence-corrected chi connectivity index (χ1v) is 7.35. The molecule has 7 heteroatoms. The van der Waals surface area contributed by atoms with E-state index in [2.05, 4.69) is 15.3 Å². The molecule has 1 aromatic heterocycles. The Balaban J connectivity index is 2.14. The third-order valence-electron chi connectivity index (χ3n) is 3.18. The zero-order valence-corrected chi connectivity index (χ0v) is 12.5. The average molecular weight is 294 g/mol. The lowest BCUT2D eigenvalue weighted by Gasteiger charge is -2.35. The fraction of sp³-hybridized carbons (Fsp3) is 0.643. The van der Waals surface area contributed by atoms with Gasteiger partial charge in [-0.15, -0.1) is 0 Å². The Labute approximate surface area is 124 Å². The van der Waals surface area contributed by atoms with Gasteiger partial charge in [0.15, 0.2) is 0 Å². The van der Waals surface area contributed by atoms with Gasteiger partial charge in [0.1, 0.15) is 18.2 Å². The second kappa shape index (κ2) is 7.78. The molecule has 1 saturated heterocycles. The minimum Gasteiger partial charge on any atom is -0.478 e. The van der Waals surface area contributed by atoms with E-state index in [-0.39, 0.29) is 12.0 Å². The van der Waals surface area contributed by atoms with Crippen molar-refractivity contribution in [1.82, 2.24) is 15.3 Å². The van der Waals surface area contributed by atoms with Crippen LogP contribution < -0.4 is 15.0 Å². The number of esters is 1. The summed E-state index contributed by atoms with van der Waals surface area (Å²) < 4.78 is 10.7. The number of carbonyl (C=O) groups excluding carboxylic acids is 1. The standard InChI is InChI=1S/C14H22N4O3/c1-3-7-21-13-8-12(16-10-17-13)18-6-5-15-9-11(18)14(19)20-4-2/h8,10-11,15H,3-7,9H2,1-2H3. The molecule has 21 heavy (non-hydrogen) atoms. The van der Waals surface area contributed by atoms with E-state index in [1.54, 1.807) is 13.0 Å². The molecule has 1 aliphatic heterocycles. The van der Waals surface area contributed by atoms with E-state index in [9.17, 15) is 4.79 Å². The third kappa shape index (κ3) is 4.04. The van der Waals surface area contributed by atoms with Crippen LogP contribution >= 0.6 is 0 Å². The Kier molecular flexibility index (Phi) is 5.74. The van der Waals surface area contributed by atoms with Crippen molar-refractivity contribution in [1.29, 1.82) is 0 Å². The van der Waals surface area contributed by atoms with Gasteiger partial charge in [0.05, 0.1) is 13.2 Å². The molecule has 1 N–H and O–H groups in total. The first-order valence-electron chi connectivity index (χ1n) is 7.35. The Morgan fingerprint density at radius 3 is 3.10 bits per heavy atom. The molecular weight excluding hydrogens is 272 g/mol. The fourth-order valence-corrected chi connectivity index (χ4v) is 2.20. The quantitative estimate of drug-likeness (QED) is 0.770. The van der Waals surface area contributed by atoms with E-state index < -0.39 is 0 Å². The number of hydrogen-bond acceptors (Lipinski definition) is 7. The van der Waals surface area contributed by atoms with Crippen molar-refractivity contribution in [3.63, 3.8) is 0 Å². The largest absolute Gasteiger partial charge is 0.478 e. The molecule has 2 heterocycles. The molecule has 0 saturated carbocycles. The van der Waals surface area contributed by atoms with E-state index in [0.29, 0.717) is 38.0 Å². The number of nitrogens with one attached hydrogen (secondary N) is 1.